The first-order valence-electron chi connectivity index (χ1n) is 8.04. The van der Waals surface area contributed by atoms with Gasteiger partial charge in [-0.3, -0.25) is 9.78 Å². The van der Waals surface area contributed by atoms with E-state index in [1.54, 1.807) is 17.5 Å². The summed E-state index contributed by atoms with van der Waals surface area (Å²) in [4.78, 5) is 22.8. The number of thiazole rings is 1. The maximum Gasteiger partial charge on any atom is 0.233 e. The number of likely N-dealkylation sites (tertiary alicyclic amines) is 1. The first-order valence-corrected chi connectivity index (χ1v) is 9.90. The summed E-state index contributed by atoms with van der Waals surface area (Å²) in [6.45, 7) is 4.02. The average Bonchev–Trinajstić information content (AvgIpc) is 3.04. The zero-order chi connectivity index (χ0) is 16.8. The normalized spacial score (nSPS) is 17.9. The van der Waals surface area contributed by atoms with Crippen LogP contribution >= 0.6 is 23.1 Å². The van der Waals surface area contributed by atoms with Crippen molar-refractivity contribution in [1.29, 1.82) is 0 Å². The highest BCUT2D eigenvalue weighted by molar-refractivity contribution is 8.01. The fourth-order valence-corrected chi connectivity index (χ4v) is 4.36. The van der Waals surface area contributed by atoms with Crippen molar-refractivity contribution in [2.24, 2.45) is 0 Å². The van der Waals surface area contributed by atoms with Crippen LogP contribution < -0.4 is 0 Å². The lowest BCUT2D eigenvalue weighted by atomic mass is 10.1. The van der Waals surface area contributed by atoms with Gasteiger partial charge in [0, 0.05) is 36.6 Å². The van der Waals surface area contributed by atoms with Gasteiger partial charge in [-0.25, -0.2) is 4.98 Å². The standard InChI is InChI=1S/C17H21N3O2S2/c1-13-11-23-17(19-13)24-12-16(21)20-7-3-5-15(9-20)22-10-14-4-2-6-18-8-14/h2,4,6,8,11,15H,3,5,7,9-10,12H2,1H3/t15-/m1/s1. The number of rotatable bonds is 6. The second-order valence-electron chi connectivity index (χ2n) is 5.82. The smallest absolute Gasteiger partial charge is 0.233 e. The van der Waals surface area contributed by atoms with Gasteiger partial charge in [-0.1, -0.05) is 17.8 Å². The van der Waals surface area contributed by atoms with Crippen molar-refractivity contribution in [1.82, 2.24) is 14.9 Å². The third kappa shape index (κ3) is 5.03. The van der Waals surface area contributed by atoms with E-state index >= 15 is 0 Å². The van der Waals surface area contributed by atoms with E-state index < -0.39 is 0 Å². The molecule has 3 heterocycles. The Morgan fingerprint density at radius 1 is 1.54 bits per heavy atom. The Morgan fingerprint density at radius 2 is 2.46 bits per heavy atom. The molecule has 0 unspecified atom stereocenters. The molecule has 0 saturated carbocycles. The van der Waals surface area contributed by atoms with Gasteiger partial charge in [-0.2, -0.15) is 0 Å². The van der Waals surface area contributed by atoms with Gasteiger partial charge < -0.3 is 9.64 Å². The van der Waals surface area contributed by atoms with E-state index in [9.17, 15) is 4.79 Å². The number of amides is 1. The molecule has 5 nitrogen and oxygen atoms in total. The van der Waals surface area contributed by atoms with Gasteiger partial charge in [0.15, 0.2) is 4.34 Å². The van der Waals surface area contributed by atoms with Crippen molar-refractivity contribution in [3.05, 3.63) is 41.2 Å². The minimum absolute atomic E-state index is 0.106. The molecule has 1 aliphatic heterocycles. The monoisotopic (exact) mass is 363 g/mol. The molecule has 2 aromatic rings. The van der Waals surface area contributed by atoms with E-state index in [1.807, 2.05) is 35.5 Å². The van der Waals surface area contributed by atoms with E-state index in [0.717, 1.165) is 35.0 Å². The van der Waals surface area contributed by atoms with Gasteiger partial charge in [0.25, 0.3) is 0 Å². The number of aromatic nitrogens is 2. The number of hydrogen-bond donors (Lipinski definition) is 0. The Kier molecular flexibility index (Phi) is 6.23. The third-order valence-electron chi connectivity index (χ3n) is 3.86. The Bertz CT molecular complexity index is 663. The highest BCUT2D eigenvalue weighted by Crippen LogP contribution is 2.23. The summed E-state index contributed by atoms with van der Waals surface area (Å²) in [5.74, 6) is 0.616. The summed E-state index contributed by atoms with van der Waals surface area (Å²) in [6, 6.07) is 3.92. The summed E-state index contributed by atoms with van der Waals surface area (Å²) in [6.07, 6.45) is 5.67. The van der Waals surface area contributed by atoms with Crippen LogP contribution in [0.5, 0.6) is 0 Å². The highest BCUT2D eigenvalue weighted by atomic mass is 32.2. The van der Waals surface area contributed by atoms with E-state index in [4.69, 9.17) is 4.74 Å². The van der Waals surface area contributed by atoms with Gasteiger partial charge in [-0.05, 0) is 31.4 Å². The molecule has 128 valence electrons. The van der Waals surface area contributed by atoms with E-state index in [0.29, 0.717) is 18.9 Å². The van der Waals surface area contributed by atoms with Crippen LogP contribution in [0.1, 0.15) is 24.1 Å². The van der Waals surface area contributed by atoms with E-state index in [2.05, 4.69) is 9.97 Å². The minimum atomic E-state index is 0.106. The minimum Gasteiger partial charge on any atom is -0.372 e. The third-order valence-corrected chi connectivity index (χ3v) is 5.98. The summed E-state index contributed by atoms with van der Waals surface area (Å²) in [5.41, 5.74) is 2.08. The lowest BCUT2D eigenvalue weighted by molar-refractivity contribution is -0.132. The number of nitrogens with zero attached hydrogens (tertiary/aromatic N) is 3. The van der Waals surface area contributed by atoms with Gasteiger partial charge in [0.05, 0.1) is 18.5 Å². The van der Waals surface area contributed by atoms with Crippen LogP contribution in [-0.4, -0.2) is 45.7 Å². The van der Waals surface area contributed by atoms with Crippen LogP contribution in [0.2, 0.25) is 0 Å². The van der Waals surface area contributed by atoms with Crippen LogP contribution in [0.4, 0.5) is 0 Å². The molecule has 1 atom stereocenters. The number of aryl methyl sites for hydroxylation is 1. The van der Waals surface area contributed by atoms with E-state index in [-0.39, 0.29) is 12.0 Å². The van der Waals surface area contributed by atoms with Gasteiger partial charge in [0.2, 0.25) is 5.91 Å². The molecule has 0 aromatic carbocycles. The average molecular weight is 364 g/mol. The number of carbonyl (C=O) groups is 1. The molecule has 0 bridgehead atoms. The van der Waals surface area contributed by atoms with Gasteiger partial charge in [0.1, 0.15) is 0 Å². The van der Waals surface area contributed by atoms with Crippen molar-refractivity contribution in [2.45, 2.75) is 36.8 Å². The largest absolute Gasteiger partial charge is 0.372 e. The predicted molar refractivity (Wildman–Crippen MR) is 96.2 cm³/mol. The Balaban J connectivity index is 1.45. The second kappa shape index (κ2) is 8.60. The Morgan fingerprint density at radius 3 is 3.21 bits per heavy atom. The topological polar surface area (TPSA) is 55.3 Å². The molecule has 0 N–H and O–H groups in total. The zero-order valence-corrected chi connectivity index (χ0v) is 15.3. The molecule has 3 rings (SSSR count). The zero-order valence-electron chi connectivity index (χ0n) is 13.7. The molecule has 1 aliphatic rings. The first-order chi connectivity index (χ1) is 11.7. The van der Waals surface area contributed by atoms with Crippen LogP contribution in [0.3, 0.4) is 0 Å². The van der Waals surface area contributed by atoms with Crippen LogP contribution in [0.25, 0.3) is 0 Å². The number of pyridine rings is 1. The molecule has 7 heteroatoms. The molecular weight excluding hydrogens is 342 g/mol. The van der Waals surface area contributed by atoms with Gasteiger partial charge in [-0.15, -0.1) is 11.3 Å². The highest BCUT2D eigenvalue weighted by Gasteiger charge is 2.24. The quantitative estimate of drug-likeness (QED) is 0.738. The number of ether oxygens (including phenoxy) is 1. The SMILES string of the molecule is Cc1csc(SCC(=O)N2CCC[C@@H](OCc3cccnc3)C2)n1. The Hall–Kier alpha value is -1.44. The summed E-state index contributed by atoms with van der Waals surface area (Å²) in [7, 11) is 0. The fraction of sp³-hybridized carbons (Fsp3) is 0.471. The predicted octanol–water partition coefficient (Wildman–Crippen LogP) is 3.15. The molecule has 1 amide bonds. The lowest BCUT2D eigenvalue weighted by Crippen LogP contribution is -2.44. The van der Waals surface area contributed by atoms with Crippen LogP contribution in [0.15, 0.2) is 34.2 Å². The molecule has 1 fully saturated rings. The lowest BCUT2D eigenvalue weighted by Gasteiger charge is -2.32. The molecular formula is C17H21N3O2S2. The second-order valence-corrected chi connectivity index (χ2v) is 7.90. The first kappa shape index (κ1) is 17.4. The molecule has 1 saturated heterocycles. The summed E-state index contributed by atoms with van der Waals surface area (Å²) in [5, 5.41) is 2.01. The molecule has 0 radical (unpaired) electrons. The van der Waals surface area contributed by atoms with Crippen molar-refractivity contribution in [2.75, 3.05) is 18.8 Å². The Labute approximate surface area is 150 Å². The summed E-state index contributed by atoms with van der Waals surface area (Å²) < 4.78 is 6.92. The molecule has 0 spiro atoms. The number of carbonyl (C=O) groups excluding carboxylic acids is 1. The van der Waals surface area contributed by atoms with Crippen LogP contribution in [0, 0.1) is 6.92 Å². The maximum absolute atomic E-state index is 12.4. The van der Waals surface area contributed by atoms with E-state index in [1.165, 1.54) is 11.8 Å². The maximum atomic E-state index is 12.4. The number of thioether (sulfide) groups is 1. The van der Waals surface area contributed by atoms with Crippen molar-refractivity contribution < 1.29 is 9.53 Å². The van der Waals surface area contributed by atoms with Crippen LogP contribution in [-0.2, 0) is 16.1 Å². The molecule has 2 aromatic heterocycles. The number of hydrogen-bond acceptors (Lipinski definition) is 6. The number of piperidine rings is 1. The fourth-order valence-electron chi connectivity index (χ4n) is 2.61. The van der Waals surface area contributed by atoms with Gasteiger partial charge >= 0.3 is 0 Å². The van der Waals surface area contributed by atoms with Crippen molar-refractivity contribution >= 4 is 29.0 Å². The summed E-state index contributed by atoms with van der Waals surface area (Å²) >= 11 is 3.12. The molecule has 0 aliphatic carbocycles. The molecule has 24 heavy (non-hydrogen) atoms. The van der Waals surface area contributed by atoms with Crippen molar-refractivity contribution in [3.8, 4) is 0 Å². The van der Waals surface area contributed by atoms with Crippen molar-refractivity contribution in [3.63, 3.8) is 0 Å².